The molecule has 0 fully saturated rings. The fraction of sp³-hybridized carbons (Fsp3) is 0.250. The van der Waals surface area contributed by atoms with Crippen LogP contribution in [0.5, 0.6) is 0 Å². The Morgan fingerprint density at radius 1 is 1.71 bits per heavy atom. The van der Waals surface area contributed by atoms with E-state index in [1.165, 1.54) is 6.08 Å². The molecular formula is C4H8CaO2. The molecule has 3 heteroatoms. The predicted molar refractivity (Wildman–Crippen MR) is 31.0 cm³/mol. The van der Waals surface area contributed by atoms with Crippen molar-refractivity contribution < 1.29 is 9.90 Å². The van der Waals surface area contributed by atoms with Crippen molar-refractivity contribution in [3.63, 3.8) is 0 Å². The molecule has 0 rings (SSSR count). The van der Waals surface area contributed by atoms with Gasteiger partial charge in [-0.2, -0.15) is 0 Å². The van der Waals surface area contributed by atoms with Gasteiger partial charge in [0.05, 0.1) is 0 Å². The van der Waals surface area contributed by atoms with Gasteiger partial charge in [0.15, 0.2) is 0 Å². The molecule has 0 unspecified atom stereocenters. The van der Waals surface area contributed by atoms with E-state index < -0.39 is 5.97 Å². The van der Waals surface area contributed by atoms with Crippen LogP contribution in [-0.2, 0) is 4.79 Å². The first-order valence-corrected chi connectivity index (χ1v) is 1.63. The molecule has 0 amide bonds. The number of aliphatic carboxylic acids is 1. The van der Waals surface area contributed by atoms with E-state index in [-0.39, 0.29) is 37.7 Å². The second-order valence-corrected chi connectivity index (χ2v) is 0.838. The van der Waals surface area contributed by atoms with Crippen molar-refractivity contribution in [1.29, 1.82) is 0 Å². The molecule has 0 spiro atoms. The van der Waals surface area contributed by atoms with E-state index in [0.29, 0.717) is 0 Å². The molecule has 0 bridgehead atoms. The molecule has 0 aliphatic carbocycles. The zero-order valence-electron chi connectivity index (χ0n) is 3.51. The van der Waals surface area contributed by atoms with Crippen molar-refractivity contribution in [1.82, 2.24) is 0 Å². The number of carboxylic acid groups (broad SMARTS) is 1. The van der Waals surface area contributed by atoms with Crippen molar-refractivity contribution in [3.8, 4) is 0 Å². The second-order valence-electron chi connectivity index (χ2n) is 0.838. The minimum absolute atomic E-state index is 0. The molecule has 0 aliphatic heterocycles. The van der Waals surface area contributed by atoms with E-state index in [0.717, 1.165) is 6.08 Å². The van der Waals surface area contributed by atoms with Gasteiger partial charge in [0.2, 0.25) is 0 Å². The summed E-state index contributed by atoms with van der Waals surface area (Å²) >= 11 is 0. The summed E-state index contributed by atoms with van der Waals surface area (Å²) in [4.78, 5) is 9.51. The van der Waals surface area contributed by atoms with Crippen molar-refractivity contribution in [2.75, 3.05) is 0 Å². The van der Waals surface area contributed by atoms with Crippen LogP contribution in [0.4, 0.5) is 0 Å². The SMILES string of the molecule is C/C=C/C(=O)O.[CaH2]. The number of hydrogen-bond donors (Lipinski definition) is 1. The molecule has 2 nitrogen and oxygen atoms in total. The van der Waals surface area contributed by atoms with E-state index >= 15 is 0 Å². The van der Waals surface area contributed by atoms with Gasteiger partial charge >= 0.3 is 43.7 Å². The molecule has 0 aromatic rings. The third-order valence-corrected chi connectivity index (χ3v) is 0.309. The van der Waals surface area contributed by atoms with E-state index in [1.54, 1.807) is 6.92 Å². The van der Waals surface area contributed by atoms with Crippen molar-refractivity contribution in [2.45, 2.75) is 6.92 Å². The van der Waals surface area contributed by atoms with Crippen molar-refractivity contribution in [3.05, 3.63) is 12.2 Å². The molecule has 1 N–H and O–H groups in total. The van der Waals surface area contributed by atoms with E-state index in [4.69, 9.17) is 5.11 Å². The molecule has 0 aliphatic rings. The summed E-state index contributed by atoms with van der Waals surface area (Å²) in [6.45, 7) is 1.66. The molecular weight excluding hydrogens is 120 g/mol. The molecule has 0 atom stereocenters. The topological polar surface area (TPSA) is 37.3 Å². The first-order chi connectivity index (χ1) is 2.77. The molecule has 38 valence electrons. The van der Waals surface area contributed by atoms with Gasteiger partial charge in [-0.05, 0) is 6.92 Å². The number of allylic oxidation sites excluding steroid dienone is 1. The Balaban J connectivity index is 0. The molecule has 0 aromatic heterocycles. The number of carbonyl (C=O) groups is 1. The Morgan fingerprint density at radius 3 is 2.14 bits per heavy atom. The standard InChI is InChI=1S/C4H6O2.Ca.2H/c1-2-3-4(5)6;;;/h2-3H,1H3,(H,5,6);;;/b3-2+;;;. The summed E-state index contributed by atoms with van der Waals surface area (Å²) in [7, 11) is 0. The van der Waals surface area contributed by atoms with E-state index in [9.17, 15) is 4.79 Å². The summed E-state index contributed by atoms with van der Waals surface area (Å²) in [5, 5.41) is 7.83. The molecule has 0 radical (unpaired) electrons. The van der Waals surface area contributed by atoms with Gasteiger partial charge in [0.25, 0.3) is 0 Å². The number of carboxylic acids is 1. The van der Waals surface area contributed by atoms with Crippen LogP contribution in [0.3, 0.4) is 0 Å². The molecule has 0 saturated carbocycles. The molecule has 0 heterocycles. The van der Waals surface area contributed by atoms with Gasteiger partial charge in [-0.1, -0.05) is 6.08 Å². The fourth-order valence-corrected chi connectivity index (χ4v) is 0.143. The summed E-state index contributed by atoms with van der Waals surface area (Å²) in [6, 6.07) is 0. The normalized spacial score (nSPS) is 8.14. The first kappa shape index (κ1) is 10.5. The fourth-order valence-electron chi connectivity index (χ4n) is 0.143. The summed E-state index contributed by atoms with van der Waals surface area (Å²) in [5.74, 6) is -0.891. The Hall–Kier alpha value is 0.470. The van der Waals surface area contributed by atoms with Crippen LogP contribution in [0, 0.1) is 0 Å². The summed E-state index contributed by atoms with van der Waals surface area (Å²) in [6.07, 6.45) is 2.56. The Kier molecular flexibility index (Phi) is 9.66. The third-order valence-electron chi connectivity index (χ3n) is 0.309. The van der Waals surface area contributed by atoms with Crippen molar-refractivity contribution >= 4 is 43.7 Å². The van der Waals surface area contributed by atoms with Crippen LogP contribution in [0.15, 0.2) is 12.2 Å². The summed E-state index contributed by atoms with van der Waals surface area (Å²) < 4.78 is 0. The van der Waals surface area contributed by atoms with Crippen molar-refractivity contribution in [2.24, 2.45) is 0 Å². The van der Waals surface area contributed by atoms with Crippen LogP contribution in [0.1, 0.15) is 6.92 Å². The van der Waals surface area contributed by atoms with Crippen LogP contribution >= 0.6 is 0 Å². The predicted octanol–water partition coefficient (Wildman–Crippen LogP) is -0.269. The Bertz CT molecular complexity index is 77.8. The number of hydrogen-bond acceptors (Lipinski definition) is 1. The van der Waals surface area contributed by atoms with Gasteiger partial charge in [0, 0.05) is 6.08 Å². The average molecular weight is 128 g/mol. The average Bonchev–Trinajstić information content (AvgIpc) is 1.35. The van der Waals surface area contributed by atoms with Gasteiger partial charge in [-0.3, -0.25) is 0 Å². The molecule has 0 aromatic carbocycles. The third kappa shape index (κ3) is 10.7. The van der Waals surface area contributed by atoms with Gasteiger partial charge in [-0.15, -0.1) is 0 Å². The van der Waals surface area contributed by atoms with Gasteiger partial charge in [-0.25, -0.2) is 4.79 Å². The zero-order chi connectivity index (χ0) is 4.99. The van der Waals surface area contributed by atoms with Crippen LogP contribution in [0.2, 0.25) is 0 Å². The second kappa shape index (κ2) is 6.47. The Labute approximate surface area is 72.2 Å². The van der Waals surface area contributed by atoms with Gasteiger partial charge in [0.1, 0.15) is 0 Å². The molecule has 0 saturated heterocycles. The quantitative estimate of drug-likeness (QED) is 0.390. The maximum atomic E-state index is 9.51. The molecule has 7 heavy (non-hydrogen) atoms. The Morgan fingerprint density at radius 2 is 2.14 bits per heavy atom. The first-order valence-electron chi connectivity index (χ1n) is 1.63. The van der Waals surface area contributed by atoms with E-state index in [2.05, 4.69) is 0 Å². The van der Waals surface area contributed by atoms with Crippen LogP contribution in [-0.4, -0.2) is 48.8 Å². The maximum absolute atomic E-state index is 9.51. The monoisotopic (exact) mass is 128 g/mol. The van der Waals surface area contributed by atoms with Crippen LogP contribution in [0.25, 0.3) is 0 Å². The zero-order valence-corrected chi connectivity index (χ0v) is 3.51. The summed E-state index contributed by atoms with van der Waals surface area (Å²) in [5.41, 5.74) is 0. The minimum atomic E-state index is -0.891. The van der Waals surface area contributed by atoms with Gasteiger partial charge < -0.3 is 5.11 Å². The number of rotatable bonds is 1. The van der Waals surface area contributed by atoms with Crippen LogP contribution < -0.4 is 0 Å². The van der Waals surface area contributed by atoms with E-state index in [1.807, 2.05) is 0 Å².